The summed E-state index contributed by atoms with van der Waals surface area (Å²) in [5.41, 5.74) is 3.66. The minimum Gasteiger partial charge on any atom is -0.354 e. The Morgan fingerprint density at radius 1 is 0.489 bits per heavy atom. The van der Waals surface area contributed by atoms with Crippen LogP contribution in [0, 0.1) is 17.8 Å². The highest BCUT2D eigenvalue weighted by Gasteiger charge is 2.50. The molecule has 0 radical (unpaired) electrons. The number of amides is 7. The number of nitrogens with one attached hydrogen (secondary N) is 8. The number of Topliss-reactive ketones (excluding diaryl/α,β-unsaturated/α-hetero) is 1. The third-order valence-corrected chi connectivity index (χ3v) is 19.4. The van der Waals surface area contributed by atoms with Crippen molar-refractivity contribution >= 4 is 47.1 Å². The largest absolute Gasteiger partial charge is 0.354 e. The molecule has 4 aromatic rings. The Morgan fingerprint density at radius 2 is 0.911 bits per heavy atom. The van der Waals surface area contributed by atoms with E-state index < -0.39 is 42.3 Å². The molecule has 7 amide bonds. The molecule has 4 fully saturated rings. The summed E-state index contributed by atoms with van der Waals surface area (Å²) in [6.45, 7) is 8.71. The molecule has 4 aliphatic heterocycles. The molecule has 4 saturated heterocycles. The van der Waals surface area contributed by atoms with Gasteiger partial charge in [-0.25, -0.2) is 0 Å². The van der Waals surface area contributed by atoms with Crippen LogP contribution in [0.3, 0.4) is 0 Å². The van der Waals surface area contributed by atoms with Gasteiger partial charge in [-0.05, 0) is 145 Å². The lowest BCUT2D eigenvalue weighted by Gasteiger charge is -2.33. The van der Waals surface area contributed by atoms with E-state index in [4.69, 9.17) is 0 Å². The molecule has 1 unspecified atom stereocenters. The summed E-state index contributed by atoms with van der Waals surface area (Å²) in [6, 6.07) is 32.9. The second-order valence-electron chi connectivity index (χ2n) is 25.5. The smallest absolute Gasteiger partial charge is 0.247 e. The second-order valence-corrected chi connectivity index (χ2v) is 25.5. The van der Waals surface area contributed by atoms with Gasteiger partial charge in [0.1, 0.15) is 36.3 Å². The molecule has 0 aliphatic carbocycles. The SMILES string of the molecule is CC[C@@H](C)C(=O)N[C@@H]1C(=O)N2[C@@H](CC[C@@H]1CCNCc1ccccc1)CC[C@H]2C(=O)N[C@H](C(=O)NCCCCCCCCCC(=O)C(NC(=O)[C@@H]1CC[C@@H]2CC[C@H](CCNCc3ccccc3)[C@H](NC(=O)[C@H](C)NC)C(=O)N21)c1ccccc1)c1ccccc1. The lowest BCUT2D eigenvalue weighted by molar-refractivity contribution is -0.144. The fraction of sp³-hybridized carbons (Fsp3) is 0.556. The molecule has 4 aromatic carbocycles. The van der Waals surface area contributed by atoms with Crippen LogP contribution in [0.25, 0.3) is 0 Å². The van der Waals surface area contributed by atoms with Crippen molar-refractivity contribution in [3.05, 3.63) is 144 Å². The number of hydrogen-bond donors (Lipinski definition) is 8. The molecule has 18 nitrogen and oxygen atoms in total. The second kappa shape index (κ2) is 35.4. The predicted molar refractivity (Wildman–Crippen MR) is 350 cm³/mol. The maximum Gasteiger partial charge on any atom is 0.247 e. The Hall–Kier alpha value is -7.28. The zero-order chi connectivity index (χ0) is 63.8. The molecule has 0 spiro atoms. The number of unbranched alkanes of at least 4 members (excludes halogenated alkanes) is 6. The molecule has 0 bridgehead atoms. The zero-order valence-electron chi connectivity index (χ0n) is 53.6. The van der Waals surface area contributed by atoms with E-state index >= 15 is 0 Å². The number of fused-ring (bicyclic) bond motifs is 2. The van der Waals surface area contributed by atoms with Crippen LogP contribution in [0.1, 0.15) is 177 Å². The van der Waals surface area contributed by atoms with Gasteiger partial charge in [0.25, 0.3) is 0 Å². The molecule has 0 saturated carbocycles. The molecule has 4 heterocycles. The number of rotatable bonds is 34. The molecular weight excluding hydrogens is 1130 g/mol. The van der Waals surface area contributed by atoms with E-state index in [1.54, 1.807) is 23.8 Å². The molecule has 18 heteroatoms. The summed E-state index contributed by atoms with van der Waals surface area (Å²) in [4.78, 5) is 117. The van der Waals surface area contributed by atoms with Gasteiger partial charge in [-0.3, -0.25) is 38.4 Å². The van der Waals surface area contributed by atoms with E-state index in [0.29, 0.717) is 102 Å². The van der Waals surface area contributed by atoms with Crippen LogP contribution >= 0.6 is 0 Å². The van der Waals surface area contributed by atoms with E-state index in [-0.39, 0.29) is 83.4 Å². The highest BCUT2D eigenvalue weighted by atomic mass is 16.2. The molecule has 0 aromatic heterocycles. The van der Waals surface area contributed by atoms with Gasteiger partial charge in [-0.2, -0.15) is 0 Å². The minimum atomic E-state index is -0.974. The van der Waals surface area contributed by atoms with Gasteiger partial charge in [0.05, 0.1) is 6.04 Å². The van der Waals surface area contributed by atoms with Crippen LogP contribution in [-0.4, -0.2) is 126 Å². The van der Waals surface area contributed by atoms with Crippen LogP contribution < -0.4 is 42.5 Å². The fourth-order valence-electron chi connectivity index (χ4n) is 13.7. The van der Waals surface area contributed by atoms with Gasteiger partial charge in [0.2, 0.25) is 41.4 Å². The van der Waals surface area contributed by atoms with Crippen molar-refractivity contribution in [1.82, 2.24) is 52.3 Å². The van der Waals surface area contributed by atoms with E-state index in [9.17, 15) is 38.4 Å². The predicted octanol–water partition coefficient (Wildman–Crippen LogP) is 8.03. The quantitative estimate of drug-likeness (QED) is 0.0208. The van der Waals surface area contributed by atoms with E-state index in [1.165, 1.54) is 5.56 Å². The summed E-state index contributed by atoms with van der Waals surface area (Å²) in [5, 5.41) is 25.4. The standard InChI is InChI=1S/C72H100N10O8/c1-5-49(2)66(84)79-64-55(42-45-74-47-51-25-15-11-16-26-51)34-36-58-39-41-60(82(58)71(64)89)69(87)78-63(54-31-21-14-22-32-54)70(88)76-44-24-10-8-6-7-9-23-33-61(83)62(53-29-19-13-20-30-53)77-68(86)59-40-38-57-37-35-56(43-46-75-48-52-27-17-12-18-28-52)65(72(90)81(57)59)80-67(85)50(3)73-4/h11-22,25-32,49-50,55-60,62-65,73-75H,5-10,23-24,33-48H2,1-4H3,(H,76,88)(H,77,86)(H,78,87)(H,79,84)(H,80,85)/t49-,50+,55-,56-,57+,58+,59+,60+,62?,63+,64+,65+/m1/s1. The number of ketones is 1. The summed E-state index contributed by atoms with van der Waals surface area (Å²) in [5.74, 6) is -2.59. The Bertz CT molecular complexity index is 2740. The third kappa shape index (κ3) is 19.1. The third-order valence-electron chi connectivity index (χ3n) is 19.4. The summed E-state index contributed by atoms with van der Waals surface area (Å²) in [6.07, 6.45) is 13.3. The summed E-state index contributed by atoms with van der Waals surface area (Å²) < 4.78 is 0. The first kappa shape index (κ1) is 68.6. The average molecular weight is 1230 g/mol. The fourth-order valence-corrected chi connectivity index (χ4v) is 13.7. The lowest BCUT2D eigenvalue weighted by atomic mass is 9.89. The van der Waals surface area contributed by atoms with Gasteiger partial charge < -0.3 is 52.3 Å². The van der Waals surface area contributed by atoms with Gasteiger partial charge in [-0.15, -0.1) is 0 Å². The average Bonchev–Trinajstić information content (AvgIpc) is 1.69. The highest BCUT2D eigenvalue weighted by Crippen LogP contribution is 2.38. The molecule has 8 rings (SSSR count). The Kier molecular flexibility index (Phi) is 27.0. The van der Waals surface area contributed by atoms with Crippen LogP contribution in [0.2, 0.25) is 0 Å². The van der Waals surface area contributed by atoms with Crippen molar-refractivity contribution in [3.63, 3.8) is 0 Å². The van der Waals surface area contributed by atoms with E-state index in [1.807, 2.05) is 111 Å². The first-order valence-corrected chi connectivity index (χ1v) is 33.7. The summed E-state index contributed by atoms with van der Waals surface area (Å²) >= 11 is 0. The summed E-state index contributed by atoms with van der Waals surface area (Å²) in [7, 11) is 1.71. The number of nitrogens with zero attached hydrogens (tertiary/aromatic N) is 2. The van der Waals surface area contributed by atoms with Crippen LogP contribution in [-0.2, 0) is 51.4 Å². The van der Waals surface area contributed by atoms with Gasteiger partial charge in [-0.1, -0.05) is 167 Å². The maximum atomic E-state index is 14.7. The van der Waals surface area contributed by atoms with Crippen molar-refractivity contribution in [2.45, 2.75) is 210 Å². The van der Waals surface area contributed by atoms with Gasteiger partial charge in [0.15, 0.2) is 5.78 Å². The molecule has 90 heavy (non-hydrogen) atoms. The number of likely N-dealkylation sites (N-methyl/N-ethyl adjacent to an activating group) is 1. The van der Waals surface area contributed by atoms with E-state index in [2.05, 4.69) is 66.8 Å². The van der Waals surface area contributed by atoms with Crippen molar-refractivity contribution < 1.29 is 38.4 Å². The number of carbonyl (C=O) groups is 8. The van der Waals surface area contributed by atoms with Crippen molar-refractivity contribution in [3.8, 4) is 0 Å². The first-order chi connectivity index (χ1) is 43.8. The lowest BCUT2D eigenvalue weighted by Crippen LogP contribution is -2.58. The van der Waals surface area contributed by atoms with Crippen molar-refractivity contribution in [2.75, 3.05) is 26.7 Å². The van der Waals surface area contributed by atoms with Crippen LogP contribution in [0.15, 0.2) is 121 Å². The molecular formula is C72H100N10O8. The van der Waals surface area contributed by atoms with E-state index in [0.717, 1.165) is 63.4 Å². The molecule has 486 valence electrons. The Morgan fingerprint density at radius 3 is 1.39 bits per heavy atom. The van der Waals surface area contributed by atoms with Crippen molar-refractivity contribution in [1.29, 1.82) is 0 Å². The molecule has 8 N–H and O–H groups in total. The first-order valence-electron chi connectivity index (χ1n) is 33.7. The molecule has 4 aliphatic rings. The zero-order valence-corrected chi connectivity index (χ0v) is 53.6. The highest BCUT2D eigenvalue weighted by molar-refractivity contribution is 5.97. The molecule has 12 atom stereocenters. The number of carbonyl (C=O) groups excluding carboxylic acids is 8. The number of benzene rings is 4. The Balaban J connectivity index is 0.787. The van der Waals surface area contributed by atoms with Crippen molar-refractivity contribution in [2.24, 2.45) is 17.8 Å². The normalized spacial score (nSPS) is 22.8. The van der Waals surface area contributed by atoms with Crippen LogP contribution in [0.4, 0.5) is 0 Å². The Labute approximate surface area is 533 Å². The van der Waals surface area contributed by atoms with Crippen LogP contribution in [0.5, 0.6) is 0 Å². The number of hydrogen-bond acceptors (Lipinski definition) is 11. The van der Waals surface area contributed by atoms with Gasteiger partial charge >= 0.3 is 0 Å². The van der Waals surface area contributed by atoms with Gasteiger partial charge in [0, 0.05) is 44.1 Å². The topological polar surface area (TPSA) is 239 Å². The minimum absolute atomic E-state index is 0.0902. The maximum absolute atomic E-state index is 14.7. The monoisotopic (exact) mass is 1230 g/mol.